The van der Waals surface area contributed by atoms with Crippen molar-refractivity contribution in [3.63, 3.8) is 0 Å². The number of amides is 2. The first-order valence-electron chi connectivity index (χ1n) is 5.10. The highest BCUT2D eigenvalue weighted by Crippen LogP contribution is 2.28. The van der Waals surface area contributed by atoms with Crippen molar-refractivity contribution in [2.24, 2.45) is 11.8 Å². The van der Waals surface area contributed by atoms with Crippen LogP contribution in [-0.2, 0) is 9.59 Å². The first kappa shape index (κ1) is 12.3. The minimum absolute atomic E-state index is 0.261. The van der Waals surface area contributed by atoms with Crippen molar-refractivity contribution in [3.8, 4) is 12.3 Å². The van der Waals surface area contributed by atoms with E-state index in [9.17, 15) is 9.59 Å². The Balaban J connectivity index is 2.95. The highest BCUT2D eigenvalue weighted by molar-refractivity contribution is 5.96. The van der Waals surface area contributed by atoms with E-state index in [0.29, 0.717) is 0 Å². The average molecular weight is 217 g/mol. The van der Waals surface area contributed by atoms with Gasteiger partial charge in [-0.15, -0.1) is 6.42 Å². The quantitative estimate of drug-likeness (QED) is 0.675. The molecule has 0 bridgehead atoms. The molecule has 0 fully saturated rings. The molecule has 0 heterocycles. The third-order valence-corrected chi connectivity index (χ3v) is 2.53. The van der Waals surface area contributed by atoms with E-state index in [1.54, 1.807) is 6.08 Å². The van der Waals surface area contributed by atoms with Gasteiger partial charge in [0, 0.05) is 6.92 Å². The summed E-state index contributed by atoms with van der Waals surface area (Å²) in [5.41, 5.74) is 1.97. The summed E-state index contributed by atoms with van der Waals surface area (Å²) < 4.78 is 0. The molecule has 0 spiro atoms. The molecule has 0 saturated heterocycles. The smallest absolute Gasteiger partial charge is 0.235 e. The SMILES string of the molecule is C#CC1C(C)=CC(C)=CC1C(=O)NC(C)=O. The molecule has 2 amide bonds. The normalized spacial score (nSPS) is 23.9. The molecular weight excluding hydrogens is 202 g/mol. The van der Waals surface area contributed by atoms with E-state index >= 15 is 0 Å². The molecule has 0 aliphatic heterocycles. The van der Waals surface area contributed by atoms with Gasteiger partial charge in [0.15, 0.2) is 0 Å². The van der Waals surface area contributed by atoms with Gasteiger partial charge in [-0.1, -0.05) is 29.2 Å². The molecule has 1 rings (SSSR count). The van der Waals surface area contributed by atoms with Gasteiger partial charge in [0.2, 0.25) is 11.8 Å². The van der Waals surface area contributed by atoms with E-state index in [0.717, 1.165) is 11.1 Å². The van der Waals surface area contributed by atoms with Crippen LogP contribution in [0.3, 0.4) is 0 Å². The second-order valence-corrected chi connectivity index (χ2v) is 4.01. The van der Waals surface area contributed by atoms with Crippen LogP contribution in [-0.4, -0.2) is 11.8 Å². The third kappa shape index (κ3) is 2.60. The minimum Gasteiger partial charge on any atom is -0.296 e. The number of carbonyl (C=O) groups excluding carboxylic acids is 2. The Kier molecular flexibility index (Phi) is 3.68. The zero-order chi connectivity index (χ0) is 12.3. The summed E-state index contributed by atoms with van der Waals surface area (Å²) in [7, 11) is 0. The second kappa shape index (κ2) is 4.80. The van der Waals surface area contributed by atoms with Crippen LogP contribution < -0.4 is 5.32 Å². The average Bonchev–Trinajstić information content (AvgIpc) is 2.15. The van der Waals surface area contributed by atoms with E-state index < -0.39 is 5.92 Å². The zero-order valence-electron chi connectivity index (χ0n) is 9.70. The van der Waals surface area contributed by atoms with Gasteiger partial charge >= 0.3 is 0 Å². The molecular formula is C13H15NO2. The standard InChI is InChI=1S/C13H15NO2/c1-5-11-9(3)6-8(2)7-12(11)13(16)14-10(4)15/h1,6-7,11-12H,2-4H3,(H,14,15,16). The monoisotopic (exact) mass is 217 g/mol. The number of imide groups is 1. The Labute approximate surface area is 95.6 Å². The van der Waals surface area contributed by atoms with Crippen LogP contribution in [0.15, 0.2) is 23.3 Å². The van der Waals surface area contributed by atoms with Gasteiger partial charge < -0.3 is 0 Å². The van der Waals surface area contributed by atoms with Crippen molar-refractivity contribution in [2.75, 3.05) is 0 Å². The lowest BCUT2D eigenvalue weighted by atomic mass is 9.80. The van der Waals surface area contributed by atoms with E-state index in [1.807, 2.05) is 19.9 Å². The van der Waals surface area contributed by atoms with Crippen LogP contribution in [0.5, 0.6) is 0 Å². The summed E-state index contributed by atoms with van der Waals surface area (Å²) in [5.74, 6) is 1.19. The molecule has 1 aliphatic rings. The zero-order valence-corrected chi connectivity index (χ0v) is 9.70. The molecule has 1 aliphatic carbocycles. The summed E-state index contributed by atoms with van der Waals surface area (Å²) in [6.45, 7) is 5.12. The fourth-order valence-corrected chi connectivity index (χ4v) is 1.88. The Morgan fingerprint density at radius 2 is 2.06 bits per heavy atom. The highest BCUT2D eigenvalue weighted by atomic mass is 16.2. The fraction of sp³-hybridized carbons (Fsp3) is 0.385. The van der Waals surface area contributed by atoms with Crippen LogP contribution in [0, 0.1) is 24.2 Å². The molecule has 3 nitrogen and oxygen atoms in total. The molecule has 1 N–H and O–H groups in total. The molecule has 2 atom stereocenters. The molecule has 16 heavy (non-hydrogen) atoms. The van der Waals surface area contributed by atoms with Crippen LogP contribution in [0.25, 0.3) is 0 Å². The topological polar surface area (TPSA) is 46.2 Å². The van der Waals surface area contributed by atoms with Crippen molar-refractivity contribution >= 4 is 11.8 Å². The molecule has 0 aromatic heterocycles. The van der Waals surface area contributed by atoms with E-state index in [-0.39, 0.29) is 17.7 Å². The predicted octanol–water partition coefficient (Wildman–Crippen LogP) is 1.42. The summed E-state index contributed by atoms with van der Waals surface area (Å²) in [6.07, 6.45) is 9.17. The predicted molar refractivity (Wildman–Crippen MR) is 62.2 cm³/mol. The fourth-order valence-electron chi connectivity index (χ4n) is 1.88. The van der Waals surface area contributed by atoms with E-state index in [2.05, 4.69) is 11.2 Å². The number of terminal acetylenes is 1. The lowest BCUT2D eigenvalue weighted by molar-refractivity contribution is -0.131. The first-order valence-corrected chi connectivity index (χ1v) is 5.10. The third-order valence-electron chi connectivity index (χ3n) is 2.53. The molecule has 84 valence electrons. The van der Waals surface area contributed by atoms with Crippen molar-refractivity contribution in [2.45, 2.75) is 20.8 Å². The number of allylic oxidation sites excluding steroid dienone is 3. The number of carbonyl (C=O) groups is 2. The van der Waals surface area contributed by atoms with Gasteiger partial charge in [0.25, 0.3) is 0 Å². The molecule has 3 heteroatoms. The molecule has 0 aromatic carbocycles. The van der Waals surface area contributed by atoms with Gasteiger partial charge in [0.1, 0.15) is 0 Å². The lowest BCUT2D eigenvalue weighted by Crippen LogP contribution is -2.37. The summed E-state index contributed by atoms with van der Waals surface area (Å²) in [5, 5.41) is 2.27. The number of hydrogen-bond donors (Lipinski definition) is 1. The van der Waals surface area contributed by atoms with Gasteiger partial charge in [-0.25, -0.2) is 0 Å². The van der Waals surface area contributed by atoms with Crippen LogP contribution in [0.4, 0.5) is 0 Å². The van der Waals surface area contributed by atoms with E-state index in [4.69, 9.17) is 6.42 Å². The Hall–Kier alpha value is -1.82. The largest absolute Gasteiger partial charge is 0.296 e. The minimum atomic E-state index is -0.445. The van der Waals surface area contributed by atoms with Gasteiger partial charge in [-0.3, -0.25) is 14.9 Å². The van der Waals surface area contributed by atoms with Crippen molar-refractivity contribution < 1.29 is 9.59 Å². The molecule has 2 unspecified atom stereocenters. The Morgan fingerprint density at radius 3 is 2.56 bits per heavy atom. The van der Waals surface area contributed by atoms with Gasteiger partial charge in [0.05, 0.1) is 11.8 Å². The summed E-state index contributed by atoms with van der Waals surface area (Å²) in [6, 6.07) is 0. The van der Waals surface area contributed by atoms with Crippen molar-refractivity contribution in [1.29, 1.82) is 0 Å². The summed E-state index contributed by atoms with van der Waals surface area (Å²) in [4.78, 5) is 22.6. The molecule has 0 aromatic rings. The maximum Gasteiger partial charge on any atom is 0.235 e. The Bertz CT molecular complexity index is 424. The lowest BCUT2D eigenvalue weighted by Gasteiger charge is -2.24. The van der Waals surface area contributed by atoms with Crippen LogP contribution in [0.1, 0.15) is 20.8 Å². The maximum atomic E-state index is 11.8. The van der Waals surface area contributed by atoms with Crippen LogP contribution in [0.2, 0.25) is 0 Å². The number of hydrogen-bond acceptors (Lipinski definition) is 2. The number of rotatable bonds is 1. The first-order chi connectivity index (χ1) is 7.45. The highest BCUT2D eigenvalue weighted by Gasteiger charge is 2.29. The maximum absolute atomic E-state index is 11.8. The summed E-state index contributed by atoms with van der Waals surface area (Å²) >= 11 is 0. The van der Waals surface area contributed by atoms with Crippen LogP contribution >= 0.6 is 0 Å². The van der Waals surface area contributed by atoms with Crippen molar-refractivity contribution in [3.05, 3.63) is 23.3 Å². The van der Waals surface area contributed by atoms with Gasteiger partial charge in [-0.05, 0) is 13.8 Å². The number of nitrogens with one attached hydrogen (secondary N) is 1. The van der Waals surface area contributed by atoms with Gasteiger partial charge in [-0.2, -0.15) is 0 Å². The molecule has 0 saturated carbocycles. The van der Waals surface area contributed by atoms with Crippen molar-refractivity contribution in [1.82, 2.24) is 5.32 Å². The molecule has 0 radical (unpaired) electrons. The van der Waals surface area contributed by atoms with E-state index in [1.165, 1.54) is 6.92 Å². The Morgan fingerprint density at radius 1 is 1.44 bits per heavy atom. The second-order valence-electron chi connectivity index (χ2n) is 4.01.